The van der Waals surface area contributed by atoms with E-state index in [1.165, 1.54) is 0 Å². The van der Waals surface area contributed by atoms with E-state index in [4.69, 9.17) is 5.11 Å². The van der Waals surface area contributed by atoms with Gasteiger partial charge in [0.05, 0.1) is 6.10 Å². The molecule has 0 heterocycles. The third kappa shape index (κ3) is 1.25. The first-order valence-corrected chi connectivity index (χ1v) is 3.54. The van der Waals surface area contributed by atoms with Gasteiger partial charge in [0.25, 0.3) is 0 Å². The van der Waals surface area contributed by atoms with Gasteiger partial charge < -0.3 is 10.2 Å². The van der Waals surface area contributed by atoms with E-state index in [0.29, 0.717) is 5.92 Å². The van der Waals surface area contributed by atoms with Crippen molar-refractivity contribution in [1.29, 1.82) is 0 Å². The largest absolute Gasteiger partial charge is 0.396 e. The highest BCUT2D eigenvalue weighted by molar-refractivity contribution is 4.81. The topological polar surface area (TPSA) is 40.5 Å². The van der Waals surface area contributed by atoms with Crippen LogP contribution in [0.15, 0.2) is 0 Å². The summed E-state index contributed by atoms with van der Waals surface area (Å²) in [4.78, 5) is 0. The Morgan fingerprint density at radius 1 is 1.44 bits per heavy atom. The van der Waals surface area contributed by atoms with Gasteiger partial charge >= 0.3 is 0 Å². The lowest BCUT2D eigenvalue weighted by molar-refractivity contribution is 0.0755. The maximum absolute atomic E-state index is 9.20. The van der Waals surface area contributed by atoms with Gasteiger partial charge in [-0.15, -0.1) is 0 Å². The molecular weight excluding hydrogens is 116 g/mol. The van der Waals surface area contributed by atoms with Crippen molar-refractivity contribution < 1.29 is 10.2 Å². The minimum atomic E-state index is -0.245. The van der Waals surface area contributed by atoms with Crippen molar-refractivity contribution in [2.45, 2.75) is 25.9 Å². The highest BCUT2D eigenvalue weighted by atomic mass is 16.3. The molecule has 1 fully saturated rings. The molecule has 0 aromatic rings. The fourth-order valence-electron chi connectivity index (χ4n) is 1.54. The van der Waals surface area contributed by atoms with Crippen LogP contribution in [0.1, 0.15) is 19.8 Å². The van der Waals surface area contributed by atoms with Gasteiger partial charge in [0.2, 0.25) is 0 Å². The van der Waals surface area contributed by atoms with Crippen LogP contribution < -0.4 is 0 Å². The molecule has 0 amide bonds. The molecular formula is C7H14O2. The standard InChI is InChI=1S/C7H14O2/c1-5-2-3-7(9)6(5)4-8/h5-9H,2-4H2,1H3/t5-,6+,7?/m1/s1. The van der Waals surface area contributed by atoms with E-state index >= 15 is 0 Å². The Labute approximate surface area is 55.5 Å². The monoisotopic (exact) mass is 130 g/mol. The zero-order chi connectivity index (χ0) is 6.85. The lowest BCUT2D eigenvalue weighted by Gasteiger charge is -2.14. The van der Waals surface area contributed by atoms with Crippen molar-refractivity contribution in [3.05, 3.63) is 0 Å². The van der Waals surface area contributed by atoms with Crippen molar-refractivity contribution in [2.75, 3.05) is 6.61 Å². The number of aliphatic hydroxyl groups is 2. The molecule has 2 heteroatoms. The fraction of sp³-hybridized carbons (Fsp3) is 1.00. The molecule has 0 saturated heterocycles. The van der Waals surface area contributed by atoms with Crippen LogP contribution in [0.5, 0.6) is 0 Å². The summed E-state index contributed by atoms with van der Waals surface area (Å²) in [5.74, 6) is 0.648. The van der Waals surface area contributed by atoms with Crippen molar-refractivity contribution in [1.82, 2.24) is 0 Å². The molecule has 2 N–H and O–H groups in total. The Kier molecular flexibility index (Phi) is 2.09. The second-order valence-electron chi connectivity index (χ2n) is 2.97. The summed E-state index contributed by atoms with van der Waals surface area (Å²) in [6, 6.07) is 0. The summed E-state index contributed by atoms with van der Waals surface area (Å²) >= 11 is 0. The van der Waals surface area contributed by atoms with Crippen LogP contribution in [0.3, 0.4) is 0 Å². The molecule has 1 aliphatic rings. The molecule has 0 aromatic carbocycles. The van der Waals surface area contributed by atoms with Gasteiger partial charge in [-0.05, 0) is 18.8 Å². The second kappa shape index (κ2) is 2.67. The molecule has 0 bridgehead atoms. The van der Waals surface area contributed by atoms with Crippen LogP contribution in [0, 0.1) is 11.8 Å². The zero-order valence-corrected chi connectivity index (χ0v) is 5.75. The smallest absolute Gasteiger partial charge is 0.0593 e. The normalized spacial score (nSPS) is 43.7. The fourth-order valence-corrected chi connectivity index (χ4v) is 1.54. The van der Waals surface area contributed by atoms with Crippen LogP contribution in [0.25, 0.3) is 0 Å². The minimum absolute atomic E-state index is 0.141. The molecule has 0 radical (unpaired) electrons. The summed E-state index contributed by atoms with van der Waals surface area (Å²) < 4.78 is 0. The average Bonchev–Trinajstić information content (AvgIpc) is 2.12. The number of hydrogen-bond donors (Lipinski definition) is 2. The van der Waals surface area contributed by atoms with Crippen molar-refractivity contribution in [2.24, 2.45) is 11.8 Å². The second-order valence-corrected chi connectivity index (χ2v) is 2.97. The van der Waals surface area contributed by atoms with Gasteiger partial charge in [-0.2, -0.15) is 0 Å². The van der Waals surface area contributed by atoms with Crippen molar-refractivity contribution in [3.63, 3.8) is 0 Å². The van der Waals surface area contributed by atoms with Crippen LogP contribution in [-0.4, -0.2) is 22.9 Å². The molecule has 0 aromatic heterocycles. The predicted octanol–water partition coefficient (Wildman–Crippen LogP) is 0.386. The lowest BCUT2D eigenvalue weighted by Crippen LogP contribution is -2.21. The van der Waals surface area contributed by atoms with Gasteiger partial charge in [-0.25, -0.2) is 0 Å². The molecule has 1 unspecified atom stereocenters. The lowest BCUT2D eigenvalue weighted by atomic mass is 9.98. The summed E-state index contributed by atoms with van der Waals surface area (Å²) in [5.41, 5.74) is 0. The molecule has 0 spiro atoms. The maximum atomic E-state index is 9.20. The molecule has 1 saturated carbocycles. The first kappa shape index (κ1) is 7.03. The van der Waals surface area contributed by atoms with E-state index in [-0.39, 0.29) is 18.6 Å². The van der Waals surface area contributed by atoms with Gasteiger partial charge in [0, 0.05) is 12.5 Å². The van der Waals surface area contributed by atoms with Gasteiger partial charge in [-0.3, -0.25) is 0 Å². The Morgan fingerprint density at radius 2 is 2.11 bits per heavy atom. The first-order chi connectivity index (χ1) is 4.25. The molecule has 54 valence electrons. The number of hydrogen-bond acceptors (Lipinski definition) is 2. The maximum Gasteiger partial charge on any atom is 0.0593 e. The molecule has 9 heavy (non-hydrogen) atoms. The average molecular weight is 130 g/mol. The number of aliphatic hydroxyl groups excluding tert-OH is 2. The Bertz CT molecular complexity index is 82.9. The van der Waals surface area contributed by atoms with Crippen LogP contribution in [0.2, 0.25) is 0 Å². The summed E-state index contributed by atoms with van der Waals surface area (Å²) in [5, 5.41) is 17.9. The van der Waals surface area contributed by atoms with E-state index < -0.39 is 0 Å². The van der Waals surface area contributed by atoms with Crippen molar-refractivity contribution >= 4 is 0 Å². The molecule has 0 aliphatic heterocycles. The van der Waals surface area contributed by atoms with Gasteiger partial charge in [0.15, 0.2) is 0 Å². The third-order valence-electron chi connectivity index (χ3n) is 2.35. The minimum Gasteiger partial charge on any atom is -0.396 e. The van der Waals surface area contributed by atoms with E-state index in [0.717, 1.165) is 12.8 Å². The Hall–Kier alpha value is -0.0800. The van der Waals surface area contributed by atoms with E-state index in [2.05, 4.69) is 6.92 Å². The van der Waals surface area contributed by atoms with E-state index in [1.807, 2.05) is 0 Å². The van der Waals surface area contributed by atoms with Crippen molar-refractivity contribution in [3.8, 4) is 0 Å². The molecule has 2 nitrogen and oxygen atoms in total. The zero-order valence-electron chi connectivity index (χ0n) is 5.75. The first-order valence-electron chi connectivity index (χ1n) is 3.54. The third-order valence-corrected chi connectivity index (χ3v) is 2.35. The Balaban J connectivity index is 2.44. The molecule has 3 atom stereocenters. The summed E-state index contributed by atoms with van der Waals surface area (Å²) in [6.45, 7) is 2.22. The van der Waals surface area contributed by atoms with E-state index in [9.17, 15) is 5.11 Å². The molecule has 1 aliphatic carbocycles. The quantitative estimate of drug-likeness (QED) is 0.539. The predicted molar refractivity (Wildman–Crippen MR) is 35.0 cm³/mol. The number of rotatable bonds is 1. The van der Waals surface area contributed by atoms with Gasteiger partial charge in [0.1, 0.15) is 0 Å². The Morgan fingerprint density at radius 3 is 2.33 bits per heavy atom. The highest BCUT2D eigenvalue weighted by Crippen LogP contribution is 2.30. The van der Waals surface area contributed by atoms with Crippen LogP contribution >= 0.6 is 0 Å². The van der Waals surface area contributed by atoms with E-state index in [1.54, 1.807) is 0 Å². The summed E-state index contributed by atoms with van der Waals surface area (Å²) in [7, 11) is 0. The SMILES string of the molecule is C[C@@H]1CCC(O)[C@H]1CO. The highest BCUT2D eigenvalue weighted by Gasteiger charge is 2.30. The van der Waals surface area contributed by atoms with Crippen LogP contribution in [-0.2, 0) is 0 Å². The summed E-state index contributed by atoms with van der Waals surface area (Å²) in [6.07, 6.45) is 1.68. The van der Waals surface area contributed by atoms with Gasteiger partial charge in [-0.1, -0.05) is 6.92 Å². The van der Waals surface area contributed by atoms with Crippen LogP contribution in [0.4, 0.5) is 0 Å². The molecule has 1 rings (SSSR count).